The maximum Gasteiger partial charge on any atom is 0.220 e. The average Bonchev–Trinajstić information content (AvgIpc) is 2.58. The van der Waals surface area contributed by atoms with Crippen molar-refractivity contribution in [3.05, 3.63) is 35.1 Å². The topological polar surface area (TPSA) is 41.1 Å². The van der Waals surface area contributed by atoms with Crippen LogP contribution in [0.4, 0.5) is 4.39 Å². The Hall–Kier alpha value is -1.13. The number of hydrogen-bond donors (Lipinski definition) is 2. The Morgan fingerprint density at radius 2 is 2.20 bits per heavy atom. The largest absolute Gasteiger partial charge is 0.349 e. The van der Waals surface area contributed by atoms with E-state index in [0.717, 1.165) is 37.1 Å². The van der Waals surface area contributed by atoms with Gasteiger partial charge in [-0.15, -0.1) is 12.4 Å². The zero-order valence-electron chi connectivity index (χ0n) is 15.2. The summed E-state index contributed by atoms with van der Waals surface area (Å²) in [5.74, 6) is 1.26. The molecule has 0 radical (unpaired) electrons. The van der Waals surface area contributed by atoms with Crippen LogP contribution in [-0.2, 0) is 11.2 Å². The number of amides is 1. The third kappa shape index (κ3) is 4.73. The van der Waals surface area contributed by atoms with E-state index in [2.05, 4.69) is 24.5 Å². The molecule has 4 unspecified atom stereocenters. The number of halogens is 2. The number of nitrogens with one attached hydrogen (secondary N) is 2. The Kier molecular flexibility index (Phi) is 7.26. The van der Waals surface area contributed by atoms with E-state index in [1.54, 1.807) is 6.07 Å². The molecule has 3 nitrogen and oxygen atoms in total. The van der Waals surface area contributed by atoms with Crippen molar-refractivity contribution in [2.45, 2.75) is 52.0 Å². The van der Waals surface area contributed by atoms with Crippen LogP contribution in [0.3, 0.4) is 0 Å². The van der Waals surface area contributed by atoms with Gasteiger partial charge in [0.05, 0.1) is 6.04 Å². The van der Waals surface area contributed by atoms with Crippen molar-refractivity contribution in [1.29, 1.82) is 0 Å². The van der Waals surface area contributed by atoms with E-state index in [0.29, 0.717) is 24.2 Å². The summed E-state index contributed by atoms with van der Waals surface area (Å²) >= 11 is 0. The van der Waals surface area contributed by atoms with E-state index in [1.165, 1.54) is 18.9 Å². The number of carbonyl (C=O) groups excluding carboxylic acids is 1. The molecule has 0 spiro atoms. The van der Waals surface area contributed by atoms with Gasteiger partial charge in [0.1, 0.15) is 5.82 Å². The highest BCUT2D eigenvalue weighted by Gasteiger charge is 2.30. The van der Waals surface area contributed by atoms with Crippen molar-refractivity contribution in [1.82, 2.24) is 10.6 Å². The van der Waals surface area contributed by atoms with Crippen LogP contribution in [0.1, 0.15) is 56.7 Å². The second-order valence-corrected chi connectivity index (χ2v) is 7.66. The van der Waals surface area contributed by atoms with Crippen molar-refractivity contribution in [2.75, 3.05) is 13.1 Å². The molecule has 0 bridgehead atoms. The van der Waals surface area contributed by atoms with Gasteiger partial charge in [-0.1, -0.05) is 26.0 Å². The highest BCUT2D eigenvalue weighted by atomic mass is 35.5. The molecule has 1 amide bonds. The maximum atomic E-state index is 14.0. The summed E-state index contributed by atoms with van der Waals surface area (Å²) < 4.78 is 14.0. The SMILES string of the molecule is CC(CC(=O)NC1c2cccc(F)c2CCC1C)C1CCCNC1.Cl. The summed E-state index contributed by atoms with van der Waals surface area (Å²) in [7, 11) is 0. The monoisotopic (exact) mass is 368 g/mol. The predicted molar refractivity (Wildman–Crippen MR) is 101 cm³/mol. The molecule has 2 N–H and O–H groups in total. The number of benzene rings is 1. The van der Waals surface area contributed by atoms with E-state index in [-0.39, 0.29) is 30.2 Å². The Bertz CT molecular complexity index is 589. The fraction of sp³-hybridized carbons (Fsp3) is 0.650. The molecular weight excluding hydrogens is 339 g/mol. The average molecular weight is 369 g/mol. The molecule has 1 aliphatic carbocycles. The molecule has 140 valence electrons. The lowest BCUT2D eigenvalue weighted by atomic mass is 9.80. The zero-order valence-corrected chi connectivity index (χ0v) is 16.0. The Morgan fingerprint density at radius 3 is 2.92 bits per heavy atom. The van der Waals surface area contributed by atoms with Gasteiger partial charge >= 0.3 is 0 Å². The summed E-state index contributed by atoms with van der Waals surface area (Å²) in [4.78, 5) is 12.6. The molecule has 0 saturated carbocycles. The van der Waals surface area contributed by atoms with Crippen LogP contribution in [-0.4, -0.2) is 19.0 Å². The normalized spacial score (nSPS) is 26.9. The molecule has 5 heteroatoms. The lowest BCUT2D eigenvalue weighted by molar-refractivity contribution is -0.123. The number of piperidine rings is 1. The second-order valence-electron chi connectivity index (χ2n) is 7.66. The lowest BCUT2D eigenvalue weighted by Gasteiger charge is -2.33. The fourth-order valence-corrected chi connectivity index (χ4v) is 4.25. The molecule has 1 aliphatic heterocycles. The zero-order chi connectivity index (χ0) is 17.1. The smallest absolute Gasteiger partial charge is 0.220 e. The van der Waals surface area contributed by atoms with Crippen LogP contribution in [0, 0.1) is 23.6 Å². The first-order chi connectivity index (χ1) is 11.6. The van der Waals surface area contributed by atoms with Crippen molar-refractivity contribution in [2.24, 2.45) is 17.8 Å². The highest BCUT2D eigenvalue weighted by molar-refractivity contribution is 5.85. The third-order valence-electron chi connectivity index (χ3n) is 5.87. The van der Waals surface area contributed by atoms with Crippen molar-refractivity contribution in [3.63, 3.8) is 0 Å². The van der Waals surface area contributed by atoms with Crippen LogP contribution in [0.25, 0.3) is 0 Å². The molecule has 25 heavy (non-hydrogen) atoms. The van der Waals surface area contributed by atoms with Gasteiger partial charge in [-0.25, -0.2) is 4.39 Å². The van der Waals surface area contributed by atoms with Gasteiger partial charge in [0, 0.05) is 6.42 Å². The Morgan fingerprint density at radius 1 is 1.40 bits per heavy atom. The summed E-state index contributed by atoms with van der Waals surface area (Å²) in [5, 5.41) is 6.62. The number of hydrogen-bond acceptors (Lipinski definition) is 2. The minimum atomic E-state index is -0.139. The summed E-state index contributed by atoms with van der Waals surface area (Å²) in [6.07, 6.45) is 4.64. The minimum absolute atomic E-state index is 0. The first-order valence-corrected chi connectivity index (χ1v) is 9.33. The van der Waals surface area contributed by atoms with Crippen molar-refractivity contribution in [3.8, 4) is 0 Å². The predicted octanol–water partition coefficient (Wildman–Crippen LogP) is 4.01. The Labute approximate surface area is 156 Å². The minimum Gasteiger partial charge on any atom is -0.349 e. The first-order valence-electron chi connectivity index (χ1n) is 9.33. The van der Waals surface area contributed by atoms with Gasteiger partial charge in [0.25, 0.3) is 0 Å². The van der Waals surface area contributed by atoms with Gasteiger partial charge in [0.2, 0.25) is 5.91 Å². The van der Waals surface area contributed by atoms with E-state index < -0.39 is 0 Å². The molecule has 2 aliphatic rings. The summed E-state index contributed by atoms with van der Waals surface area (Å²) in [5.41, 5.74) is 1.75. The van der Waals surface area contributed by atoms with Gasteiger partial charge in [-0.3, -0.25) is 4.79 Å². The van der Waals surface area contributed by atoms with E-state index in [9.17, 15) is 9.18 Å². The van der Waals surface area contributed by atoms with E-state index in [4.69, 9.17) is 0 Å². The molecule has 1 saturated heterocycles. The summed E-state index contributed by atoms with van der Waals surface area (Å²) in [6.45, 7) is 6.43. The quantitative estimate of drug-likeness (QED) is 0.842. The molecule has 1 aromatic rings. The molecule has 1 fully saturated rings. The Balaban J connectivity index is 0.00000225. The molecule has 1 aromatic carbocycles. The fourth-order valence-electron chi connectivity index (χ4n) is 4.25. The van der Waals surface area contributed by atoms with Crippen LogP contribution >= 0.6 is 12.4 Å². The number of fused-ring (bicyclic) bond motifs is 1. The highest BCUT2D eigenvalue weighted by Crippen LogP contribution is 2.35. The molecule has 3 rings (SSSR count). The number of rotatable bonds is 4. The standard InChI is InChI=1S/C20H29FN2O.ClH/c1-13-8-9-16-17(6-3-7-18(16)21)20(13)23-19(24)11-14(2)15-5-4-10-22-12-15;/h3,6-7,13-15,20,22H,4-5,8-12H2,1-2H3,(H,23,24);1H. The van der Waals surface area contributed by atoms with Gasteiger partial charge < -0.3 is 10.6 Å². The maximum absolute atomic E-state index is 14.0. The van der Waals surface area contributed by atoms with E-state index >= 15 is 0 Å². The van der Waals surface area contributed by atoms with Crippen LogP contribution in [0.5, 0.6) is 0 Å². The van der Waals surface area contributed by atoms with Crippen molar-refractivity contribution < 1.29 is 9.18 Å². The third-order valence-corrected chi connectivity index (χ3v) is 5.87. The first kappa shape index (κ1) is 20.2. The molecule has 0 aromatic heterocycles. The summed E-state index contributed by atoms with van der Waals surface area (Å²) in [6, 6.07) is 5.18. The van der Waals surface area contributed by atoms with Crippen LogP contribution in [0.2, 0.25) is 0 Å². The van der Waals surface area contributed by atoms with Crippen LogP contribution < -0.4 is 10.6 Å². The van der Waals surface area contributed by atoms with Gasteiger partial charge in [-0.05, 0) is 73.7 Å². The second kappa shape index (κ2) is 9.00. The lowest BCUT2D eigenvalue weighted by Crippen LogP contribution is -2.38. The molecular formula is C20H30ClFN2O. The van der Waals surface area contributed by atoms with Gasteiger partial charge in [0.15, 0.2) is 0 Å². The molecule has 1 heterocycles. The number of carbonyl (C=O) groups is 1. The van der Waals surface area contributed by atoms with E-state index in [1.807, 2.05) is 6.07 Å². The van der Waals surface area contributed by atoms with Crippen LogP contribution in [0.15, 0.2) is 18.2 Å². The van der Waals surface area contributed by atoms with Crippen molar-refractivity contribution >= 4 is 18.3 Å². The van der Waals surface area contributed by atoms with Gasteiger partial charge in [-0.2, -0.15) is 0 Å². The molecule has 4 atom stereocenters.